The van der Waals surface area contributed by atoms with E-state index in [1.54, 1.807) is 32.5 Å². The summed E-state index contributed by atoms with van der Waals surface area (Å²) in [4.78, 5) is 31.6. The van der Waals surface area contributed by atoms with Gasteiger partial charge in [0.15, 0.2) is 11.5 Å². The Morgan fingerprint density at radius 2 is 1.91 bits per heavy atom. The number of hydrogen-bond acceptors (Lipinski definition) is 7. The third-order valence-corrected chi connectivity index (χ3v) is 5.97. The topological polar surface area (TPSA) is 82.4 Å². The van der Waals surface area contributed by atoms with Gasteiger partial charge in [-0.15, -0.1) is 0 Å². The van der Waals surface area contributed by atoms with E-state index in [1.165, 1.54) is 17.6 Å². The molecule has 1 atom stereocenters. The fourth-order valence-corrected chi connectivity index (χ4v) is 4.33. The van der Waals surface area contributed by atoms with Gasteiger partial charge in [0.2, 0.25) is 0 Å². The van der Waals surface area contributed by atoms with Gasteiger partial charge in [-0.25, -0.2) is 4.98 Å². The molecule has 9 heteroatoms. The molecule has 4 rings (SSSR count). The number of fused-ring (bicyclic) bond motifs is 2. The van der Waals surface area contributed by atoms with Crippen LogP contribution in [0.1, 0.15) is 29.3 Å². The lowest BCUT2D eigenvalue weighted by Crippen LogP contribution is -2.37. The highest BCUT2D eigenvalue weighted by atomic mass is 35.5. The van der Waals surface area contributed by atoms with Crippen LogP contribution in [-0.2, 0) is 22.5 Å². The van der Waals surface area contributed by atoms with Gasteiger partial charge in [-0.1, -0.05) is 11.6 Å². The standard InChI is InChI=1S/C23H24ClN3O5/c1-30-19-8-14-6-7-26(18(11-23(29)32-3)17(14)10-20(19)31-2)13-16-9-22(28)27-12-15(24)4-5-21(27)25-16/h4-5,8-10,12,18H,6-7,11,13H2,1-3H3/t18-/m1/s1. The summed E-state index contributed by atoms with van der Waals surface area (Å²) in [5.74, 6) is 0.935. The molecule has 0 fully saturated rings. The molecule has 3 heterocycles. The van der Waals surface area contributed by atoms with Gasteiger partial charge in [0.05, 0.1) is 38.5 Å². The van der Waals surface area contributed by atoms with Crippen molar-refractivity contribution in [1.82, 2.24) is 14.3 Å². The second kappa shape index (κ2) is 9.18. The van der Waals surface area contributed by atoms with Gasteiger partial charge in [0.25, 0.3) is 5.56 Å². The Kier molecular flexibility index (Phi) is 6.34. The number of aromatic nitrogens is 2. The summed E-state index contributed by atoms with van der Waals surface area (Å²) in [6, 6.07) is 8.53. The first-order valence-electron chi connectivity index (χ1n) is 10.2. The first-order chi connectivity index (χ1) is 15.4. The van der Waals surface area contributed by atoms with E-state index < -0.39 is 0 Å². The van der Waals surface area contributed by atoms with Crippen LogP contribution in [0.25, 0.3) is 5.65 Å². The van der Waals surface area contributed by atoms with Crippen LogP contribution in [0.2, 0.25) is 5.02 Å². The highest BCUT2D eigenvalue weighted by molar-refractivity contribution is 6.30. The molecule has 0 spiro atoms. The van der Waals surface area contributed by atoms with E-state index >= 15 is 0 Å². The van der Waals surface area contributed by atoms with E-state index in [1.807, 2.05) is 12.1 Å². The highest BCUT2D eigenvalue weighted by Gasteiger charge is 2.31. The van der Waals surface area contributed by atoms with Crippen molar-refractivity contribution in [2.75, 3.05) is 27.9 Å². The molecule has 1 aromatic carbocycles. The Morgan fingerprint density at radius 3 is 2.62 bits per heavy atom. The monoisotopic (exact) mass is 457 g/mol. The zero-order valence-corrected chi connectivity index (χ0v) is 18.9. The Labute approximate surface area is 190 Å². The Balaban J connectivity index is 1.72. The normalized spacial score (nSPS) is 15.9. The van der Waals surface area contributed by atoms with Crippen molar-refractivity contribution in [3.05, 3.63) is 68.7 Å². The molecule has 0 N–H and O–H groups in total. The second-order valence-electron chi connectivity index (χ2n) is 7.58. The molecule has 0 saturated carbocycles. The second-order valence-corrected chi connectivity index (χ2v) is 8.02. The summed E-state index contributed by atoms with van der Waals surface area (Å²) in [5, 5.41) is 0.462. The number of methoxy groups -OCH3 is 3. The molecule has 0 aliphatic carbocycles. The van der Waals surface area contributed by atoms with Crippen molar-refractivity contribution in [3.8, 4) is 11.5 Å². The summed E-state index contributed by atoms with van der Waals surface area (Å²) >= 11 is 6.00. The largest absolute Gasteiger partial charge is 0.493 e. The average molecular weight is 458 g/mol. The molecule has 0 bridgehead atoms. The number of nitrogens with zero attached hydrogens (tertiary/aromatic N) is 3. The quantitative estimate of drug-likeness (QED) is 0.526. The van der Waals surface area contributed by atoms with E-state index in [4.69, 9.17) is 25.8 Å². The SMILES string of the molecule is COC(=O)C[C@@H]1c2cc(OC)c(OC)cc2CCN1Cc1cc(=O)n2cc(Cl)ccc2n1. The van der Waals surface area contributed by atoms with E-state index in [2.05, 4.69) is 9.88 Å². The highest BCUT2D eigenvalue weighted by Crippen LogP contribution is 2.40. The number of carbonyl (C=O) groups is 1. The number of halogens is 1. The number of carbonyl (C=O) groups excluding carboxylic acids is 1. The maximum absolute atomic E-state index is 12.6. The van der Waals surface area contributed by atoms with Gasteiger partial charge in [0.1, 0.15) is 5.65 Å². The number of benzene rings is 1. The summed E-state index contributed by atoms with van der Waals surface area (Å²) in [5.41, 5.74) is 3.00. The number of pyridine rings is 1. The van der Waals surface area contributed by atoms with E-state index in [9.17, 15) is 9.59 Å². The van der Waals surface area contributed by atoms with Crippen LogP contribution in [0.4, 0.5) is 0 Å². The van der Waals surface area contributed by atoms with Crippen LogP contribution in [0, 0.1) is 0 Å². The smallest absolute Gasteiger partial charge is 0.307 e. The van der Waals surface area contributed by atoms with Gasteiger partial charge in [-0.3, -0.25) is 18.9 Å². The number of esters is 1. The summed E-state index contributed by atoms with van der Waals surface area (Å²) < 4.78 is 17.3. The predicted molar refractivity (Wildman–Crippen MR) is 120 cm³/mol. The summed E-state index contributed by atoms with van der Waals surface area (Å²) in [6.45, 7) is 1.09. The summed E-state index contributed by atoms with van der Waals surface area (Å²) in [6.07, 6.45) is 2.48. The molecule has 0 amide bonds. The maximum Gasteiger partial charge on any atom is 0.307 e. The molecular weight excluding hydrogens is 434 g/mol. The minimum atomic E-state index is -0.316. The van der Waals surface area contributed by atoms with Gasteiger partial charge in [-0.05, 0) is 41.8 Å². The average Bonchev–Trinajstić information content (AvgIpc) is 2.80. The minimum Gasteiger partial charge on any atom is -0.493 e. The molecule has 32 heavy (non-hydrogen) atoms. The van der Waals surface area contributed by atoms with Crippen LogP contribution >= 0.6 is 11.6 Å². The lowest BCUT2D eigenvalue weighted by molar-refractivity contribution is -0.142. The van der Waals surface area contributed by atoms with Crippen molar-refractivity contribution in [2.24, 2.45) is 0 Å². The molecular formula is C23H24ClN3O5. The van der Waals surface area contributed by atoms with Crippen molar-refractivity contribution in [2.45, 2.75) is 25.4 Å². The first kappa shape index (κ1) is 22.1. The number of rotatable bonds is 6. The molecule has 1 aliphatic heterocycles. The van der Waals surface area contributed by atoms with Crippen molar-refractivity contribution < 1.29 is 19.0 Å². The first-order valence-corrected chi connectivity index (χ1v) is 10.5. The molecule has 0 saturated heterocycles. The van der Waals surface area contributed by atoms with Crippen molar-refractivity contribution in [1.29, 1.82) is 0 Å². The Morgan fingerprint density at radius 1 is 1.16 bits per heavy atom. The zero-order valence-electron chi connectivity index (χ0n) is 18.1. The van der Waals surface area contributed by atoms with Crippen LogP contribution in [-0.4, -0.2) is 48.1 Å². The van der Waals surface area contributed by atoms with Crippen LogP contribution in [0.3, 0.4) is 0 Å². The lowest BCUT2D eigenvalue weighted by atomic mass is 9.90. The minimum absolute atomic E-state index is 0.168. The van der Waals surface area contributed by atoms with Gasteiger partial charge >= 0.3 is 5.97 Å². The molecule has 0 radical (unpaired) electrons. The van der Waals surface area contributed by atoms with Crippen LogP contribution in [0.5, 0.6) is 11.5 Å². The molecule has 168 valence electrons. The third kappa shape index (κ3) is 4.28. The Hall–Kier alpha value is -3.10. The third-order valence-electron chi connectivity index (χ3n) is 5.74. The van der Waals surface area contributed by atoms with Gasteiger partial charge in [-0.2, -0.15) is 0 Å². The van der Waals surface area contributed by atoms with Gasteiger partial charge in [0, 0.05) is 31.4 Å². The maximum atomic E-state index is 12.6. The fourth-order valence-electron chi connectivity index (χ4n) is 4.16. The number of hydrogen-bond donors (Lipinski definition) is 0. The van der Waals surface area contributed by atoms with E-state index in [0.717, 1.165) is 17.5 Å². The fraction of sp³-hybridized carbons (Fsp3) is 0.348. The van der Waals surface area contributed by atoms with E-state index in [-0.39, 0.29) is 24.0 Å². The molecule has 0 unspecified atom stereocenters. The lowest BCUT2D eigenvalue weighted by Gasteiger charge is -2.37. The molecule has 8 nitrogen and oxygen atoms in total. The number of ether oxygens (including phenoxy) is 3. The predicted octanol–water partition coefficient (Wildman–Crippen LogP) is 3.03. The van der Waals surface area contributed by atoms with Crippen molar-refractivity contribution >= 4 is 23.2 Å². The molecule has 1 aliphatic rings. The Bertz CT molecular complexity index is 1230. The van der Waals surface area contributed by atoms with Gasteiger partial charge < -0.3 is 14.2 Å². The van der Waals surface area contributed by atoms with Crippen LogP contribution in [0.15, 0.2) is 41.3 Å². The molecule has 3 aromatic rings. The van der Waals surface area contributed by atoms with Crippen LogP contribution < -0.4 is 15.0 Å². The van der Waals surface area contributed by atoms with E-state index in [0.29, 0.717) is 41.0 Å². The summed E-state index contributed by atoms with van der Waals surface area (Å²) in [7, 11) is 4.56. The molecule has 2 aromatic heterocycles. The van der Waals surface area contributed by atoms with Crippen molar-refractivity contribution in [3.63, 3.8) is 0 Å². The zero-order chi connectivity index (χ0) is 22.8.